The van der Waals surface area contributed by atoms with Crippen molar-refractivity contribution in [1.82, 2.24) is 4.90 Å². The average Bonchev–Trinajstić information content (AvgIpc) is 2.30. The smallest absolute Gasteiger partial charge is 0.327 e. The molecule has 1 unspecified atom stereocenters. The molecule has 0 spiro atoms. The van der Waals surface area contributed by atoms with E-state index in [1.165, 1.54) is 0 Å². The lowest BCUT2D eigenvalue weighted by molar-refractivity contribution is -0.149. The number of esters is 1. The fourth-order valence-electron chi connectivity index (χ4n) is 2.13. The van der Waals surface area contributed by atoms with Gasteiger partial charge in [-0.1, -0.05) is 0 Å². The first kappa shape index (κ1) is 14.4. The molecule has 0 aromatic heterocycles. The van der Waals surface area contributed by atoms with E-state index in [4.69, 9.17) is 15.2 Å². The molecule has 0 radical (unpaired) electrons. The second-order valence-corrected chi connectivity index (χ2v) is 4.90. The summed E-state index contributed by atoms with van der Waals surface area (Å²) in [5, 5.41) is 0. The lowest BCUT2D eigenvalue weighted by Crippen LogP contribution is -2.56. The Hall–Kier alpha value is -0.650. The summed E-state index contributed by atoms with van der Waals surface area (Å²) >= 11 is 0. The van der Waals surface area contributed by atoms with Crippen LogP contribution in [0.1, 0.15) is 26.7 Å². The summed E-state index contributed by atoms with van der Waals surface area (Å²) in [6.07, 6.45) is 1.99. The molecule has 1 saturated heterocycles. The highest BCUT2D eigenvalue weighted by Crippen LogP contribution is 2.15. The molecule has 5 nitrogen and oxygen atoms in total. The Morgan fingerprint density at radius 3 is 2.65 bits per heavy atom. The van der Waals surface area contributed by atoms with E-state index in [0.717, 1.165) is 26.1 Å². The molecule has 0 amide bonds. The lowest BCUT2D eigenvalue weighted by Gasteiger charge is -2.35. The van der Waals surface area contributed by atoms with E-state index in [2.05, 4.69) is 4.90 Å². The Balaban J connectivity index is 2.47. The number of carbonyl (C=O) groups excluding carboxylic acids is 1. The Labute approximate surface area is 103 Å². The number of hydrogen-bond donors (Lipinski definition) is 1. The molecule has 2 N–H and O–H groups in total. The molecule has 0 aromatic rings. The van der Waals surface area contributed by atoms with Crippen LogP contribution in [0.4, 0.5) is 0 Å². The van der Waals surface area contributed by atoms with Crippen LogP contribution in [0.15, 0.2) is 0 Å². The first-order chi connectivity index (χ1) is 7.97. The van der Waals surface area contributed by atoms with Gasteiger partial charge in [-0.05, 0) is 33.7 Å². The molecule has 1 aliphatic heterocycles. The van der Waals surface area contributed by atoms with Crippen LogP contribution in [0.5, 0.6) is 0 Å². The van der Waals surface area contributed by atoms with Crippen molar-refractivity contribution in [2.24, 2.45) is 5.73 Å². The number of carbonyl (C=O) groups is 1. The van der Waals surface area contributed by atoms with E-state index in [0.29, 0.717) is 19.2 Å². The third kappa shape index (κ3) is 4.26. The third-order valence-electron chi connectivity index (χ3n) is 3.13. The molecule has 1 rings (SSSR count). The summed E-state index contributed by atoms with van der Waals surface area (Å²) in [7, 11) is 2.00. The van der Waals surface area contributed by atoms with E-state index >= 15 is 0 Å². The Morgan fingerprint density at radius 1 is 1.53 bits per heavy atom. The zero-order valence-corrected chi connectivity index (χ0v) is 11.1. The molecule has 0 bridgehead atoms. The van der Waals surface area contributed by atoms with Crippen LogP contribution in [-0.4, -0.2) is 55.9 Å². The standard InChI is InChI=1S/C12H24N2O3/c1-4-17-11(15)12(2,13)9-14(3)10-5-7-16-8-6-10/h10H,4-9,13H2,1-3H3. The van der Waals surface area contributed by atoms with Crippen molar-refractivity contribution in [2.45, 2.75) is 38.3 Å². The molecule has 17 heavy (non-hydrogen) atoms. The summed E-state index contributed by atoms with van der Waals surface area (Å²) in [6, 6.07) is 0.445. The number of nitrogens with two attached hydrogens (primary N) is 1. The summed E-state index contributed by atoms with van der Waals surface area (Å²) in [5.41, 5.74) is 5.07. The highest BCUT2D eigenvalue weighted by atomic mass is 16.5. The van der Waals surface area contributed by atoms with Gasteiger partial charge in [0.05, 0.1) is 6.61 Å². The van der Waals surface area contributed by atoms with E-state index in [1.807, 2.05) is 7.05 Å². The predicted molar refractivity (Wildman–Crippen MR) is 65.7 cm³/mol. The second-order valence-electron chi connectivity index (χ2n) is 4.90. The van der Waals surface area contributed by atoms with E-state index in [-0.39, 0.29) is 5.97 Å². The van der Waals surface area contributed by atoms with Gasteiger partial charge in [-0.3, -0.25) is 4.79 Å². The number of rotatable bonds is 5. The molecule has 1 heterocycles. The second kappa shape index (κ2) is 6.33. The van der Waals surface area contributed by atoms with Crippen LogP contribution in [0.3, 0.4) is 0 Å². The molecule has 0 aromatic carbocycles. The minimum atomic E-state index is -0.941. The number of hydrogen-bond acceptors (Lipinski definition) is 5. The highest BCUT2D eigenvalue weighted by molar-refractivity contribution is 5.80. The maximum Gasteiger partial charge on any atom is 0.327 e. The van der Waals surface area contributed by atoms with Crippen molar-refractivity contribution in [3.8, 4) is 0 Å². The van der Waals surface area contributed by atoms with Gasteiger partial charge in [-0.2, -0.15) is 0 Å². The van der Waals surface area contributed by atoms with Crippen molar-refractivity contribution >= 4 is 5.97 Å². The van der Waals surface area contributed by atoms with Crippen molar-refractivity contribution in [1.29, 1.82) is 0 Å². The first-order valence-corrected chi connectivity index (χ1v) is 6.21. The maximum absolute atomic E-state index is 11.7. The van der Waals surface area contributed by atoms with Gasteiger partial charge in [0.25, 0.3) is 0 Å². The molecule has 1 atom stereocenters. The van der Waals surface area contributed by atoms with Gasteiger partial charge < -0.3 is 20.1 Å². The van der Waals surface area contributed by atoms with Gasteiger partial charge in [0.15, 0.2) is 0 Å². The molecule has 0 saturated carbocycles. The maximum atomic E-state index is 11.7. The van der Waals surface area contributed by atoms with E-state index < -0.39 is 5.54 Å². The van der Waals surface area contributed by atoms with Crippen molar-refractivity contribution in [3.05, 3.63) is 0 Å². The number of ether oxygens (including phenoxy) is 2. The molecule has 5 heteroatoms. The largest absolute Gasteiger partial charge is 0.465 e. The van der Waals surface area contributed by atoms with Crippen LogP contribution in [0.25, 0.3) is 0 Å². The van der Waals surface area contributed by atoms with Gasteiger partial charge in [0.2, 0.25) is 0 Å². The fraction of sp³-hybridized carbons (Fsp3) is 0.917. The third-order valence-corrected chi connectivity index (χ3v) is 3.13. The SMILES string of the molecule is CCOC(=O)C(C)(N)CN(C)C1CCOCC1. The Bertz CT molecular complexity index is 250. The minimum absolute atomic E-state index is 0.334. The van der Waals surface area contributed by atoms with Crippen LogP contribution in [-0.2, 0) is 14.3 Å². The summed E-state index contributed by atoms with van der Waals surface area (Å²) < 4.78 is 10.3. The topological polar surface area (TPSA) is 64.8 Å². The summed E-state index contributed by atoms with van der Waals surface area (Å²) in [4.78, 5) is 13.8. The Kier molecular flexibility index (Phi) is 5.36. The quantitative estimate of drug-likeness (QED) is 0.708. The lowest BCUT2D eigenvalue weighted by atomic mass is 10.0. The fourth-order valence-corrected chi connectivity index (χ4v) is 2.13. The van der Waals surface area contributed by atoms with Crippen molar-refractivity contribution in [3.63, 3.8) is 0 Å². The zero-order chi connectivity index (χ0) is 12.9. The van der Waals surface area contributed by atoms with E-state index in [1.54, 1.807) is 13.8 Å². The molecular weight excluding hydrogens is 220 g/mol. The molecule has 1 aliphatic rings. The first-order valence-electron chi connectivity index (χ1n) is 6.21. The van der Waals surface area contributed by atoms with Crippen LogP contribution >= 0.6 is 0 Å². The van der Waals surface area contributed by atoms with Crippen LogP contribution in [0.2, 0.25) is 0 Å². The van der Waals surface area contributed by atoms with E-state index in [9.17, 15) is 4.79 Å². The monoisotopic (exact) mass is 244 g/mol. The molecular formula is C12H24N2O3. The number of nitrogens with zero attached hydrogens (tertiary/aromatic N) is 1. The minimum Gasteiger partial charge on any atom is -0.465 e. The predicted octanol–water partition coefficient (Wildman–Crippen LogP) is 0.378. The van der Waals surface area contributed by atoms with Gasteiger partial charge in [-0.25, -0.2) is 0 Å². The normalized spacial score (nSPS) is 21.2. The molecule has 1 fully saturated rings. The number of likely N-dealkylation sites (N-methyl/N-ethyl adjacent to an activating group) is 1. The summed E-state index contributed by atoms with van der Waals surface area (Å²) in [6.45, 7) is 5.96. The average molecular weight is 244 g/mol. The van der Waals surface area contributed by atoms with Crippen molar-refractivity contribution < 1.29 is 14.3 Å². The summed E-state index contributed by atoms with van der Waals surface area (Å²) in [5.74, 6) is -0.334. The van der Waals surface area contributed by atoms with Crippen molar-refractivity contribution in [2.75, 3.05) is 33.4 Å². The van der Waals surface area contributed by atoms with Gasteiger partial charge in [0, 0.05) is 25.8 Å². The molecule has 0 aliphatic carbocycles. The van der Waals surface area contributed by atoms with Gasteiger partial charge in [-0.15, -0.1) is 0 Å². The highest BCUT2D eigenvalue weighted by Gasteiger charge is 2.33. The molecule has 100 valence electrons. The zero-order valence-electron chi connectivity index (χ0n) is 11.1. The Morgan fingerprint density at radius 2 is 2.12 bits per heavy atom. The van der Waals surface area contributed by atoms with Gasteiger partial charge >= 0.3 is 5.97 Å². The van der Waals surface area contributed by atoms with Crippen LogP contribution in [0, 0.1) is 0 Å². The van der Waals surface area contributed by atoms with Crippen LogP contribution < -0.4 is 5.73 Å². The van der Waals surface area contributed by atoms with Gasteiger partial charge in [0.1, 0.15) is 5.54 Å².